The van der Waals surface area contributed by atoms with E-state index in [1.165, 1.54) is 19.1 Å². The van der Waals surface area contributed by atoms with Gasteiger partial charge in [0.2, 0.25) is 11.8 Å². The first-order chi connectivity index (χ1) is 13.8. The highest BCUT2D eigenvalue weighted by Gasteiger charge is 2.30. The second kappa shape index (κ2) is 9.03. The summed E-state index contributed by atoms with van der Waals surface area (Å²) in [5.74, 6) is -0.240. The second-order valence-electron chi connectivity index (χ2n) is 7.12. The Morgan fingerprint density at radius 2 is 1.97 bits per heavy atom. The zero-order valence-corrected chi connectivity index (χ0v) is 16.4. The maximum absolute atomic E-state index is 12.7. The predicted octanol–water partition coefficient (Wildman–Crippen LogP) is 4.00. The molecule has 29 heavy (non-hydrogen) atoms. The van der Waals surface area contributed by atoms with Crippen LogP contribution in [0.5, 0.6) is 5.75 Å². The number of amides is 2. The van der Waals surface area contributed by atoms with Gasteiger partial charge < -0.3 is 15.0 Å². The molecule has 0 bridgehead atoms. The summed E-state index contributed by atoms with van der Waals surface area (Å²) in [5.41, 5.74) is 2.79. The molecule has 0 radical (unpaired) electrons. The van der Waals surface area contributed by atoms with E-state index in [-0.39, 0.29) is 30.0 Å². The van der Waals surface area contributed by atoms with E-state index in [9.17, 15) is 18.4 Å². The lowest BCUT2D eigenvalue weighted by atomic mass is 9.90. The van der Waals surface area contributed by atoms with E-state index in [4.69, 9.17) is 0 Å². The molecule has 2 atom stereocenters. The van der Waals surface area contributed by atoms with Gasteiger partial charge in [0, 0.05) is 13.5 Å². The number of hydrogen-bond donors (Lipinski definition) is 1. The largest absolute Gasteiger partial charge is 0.435 e. The molecule has 1 heterocycles. The van der Waals surface area contributed by atoms with Crippen molar-refractivity contribution in [2.45, 2.75) is 45.4 Å². The molecule has 7 heteroatoms. The smallest absolute Gasteiger partial charge is 0.387 e. The number of benzene rings is 2. The number of nitrogens with zero attached hydrogens (tertiary/aromatic N) is 1. The van der Waals surface area contributed by atoms with Crippen LogP contribution in [-0.4, -0.2) is 29.9 Å². The zero-order chi connectivity index (χ0) is 21.0. The van der Waals surface area contributed by atoms with E-state index in [2.05, 4.69) is 10.1 Å². The average molecular weight is 402 g/mol. The normalized spacial score (nSPS) is 16.9. The molecule has 3 rings (SSSR count). The summed E-state index contributed by atoms with van der Waals surface area (Å²) in [6, 6.07) is 13.4. The summed E-state index contributed by atoms with van der Waals surface area (Å²) in [6.07, 6.45) is 0.898. The van der Waals surface area contributed by atoms with Gasteiger partial charge in [0.25, 0.3) is 0 Å². The molecule has 2 amide bonds. The van der Waals surface area contributed by atoms with Crippen LogP contribution in [0.3, 0.4) is 0 Å². The van der Waals surface area contributed by atoms with Crippen molar-refractivity contribution in [2.75, 3.05) is 6.54 Å². The summed E-state index contributed by atoms with van der Waals surface area (Å²) in [6.45, 7) is 0.957. The number of hydrogen-bond acceptors (Lipinski definition) is 3. The SMILES string of the molecule is CC(=O)N1CCc2ccccc2C1CC(=O)NC(C)c1cccc(OC(F)F)c1. The first kappa shape index (κ1) is 20.8. The van der Waals surface area contributed by atoms with E-state index in [1.807, 2.05) is 24.3 Å². The molecule has 0 aromatic heterocycles. The minimum atomic E-state index is -2.90. The van der Waals surface area contributed by atoms with Gasteiger partial charge in [-0.05, 0) is 42.2 Å². The molecular formula is C22H24F2N2O3. The summed E-state index contributed by atoms with van der Waals surface area (Å²) in [4.78, 5) is 26.5. The van der Waals surface area contributed by atoms with Crippen LogP contribution in [0, 0.1) is 0 Å². The molecule has 2 aromatic carbocycles. The minimum Gasteiger partial charge on any atom is -0.435 e. The first-order valence-electron chi connectivity index (χ1n) is 9.54. The Balaban J connectivity index is 1.71. The van der Waals surface area contributed by atoms with Gasteiger partial charge in [0.15, 0.2) is 0 Å². The first-order valence-corrected chi connectivity index (χ1v) is 9.54. The minimum absolute atomic E-state index is 0.0440. The Morgan fingerprint density at radius 3 is 2.69 bits per heavy atom. The lowest BCUT2D eigenvalue weighted by Crippen LogP contribution is -2.41. The van der Waals surface area contributed by atoms with Gasteiger partial charge in [-0.2, -0.15) is 8.78 Å². The van der Waals surface area contributed by atoms with Gasteiger partial charge >= 0.3 is 6.61 Å². The lowest BCUT2D eigenvalue weighted by Gasteiger charge is -2.36. The molecule has 0 spiro atoms. The molecule has 0 fully saturated rings. The summed E-state index contributed by atoms with van der Waals surface area (Å²) in [5, 5.41) is 2.89. The van der Waals surface area contributed by atoms with Crippen LogP contribution >= 0.6 is 0 Å². The van der Waals surface area contributed by atoms with E-state index in [0.717, 1.165) is 17.5 Å². The Bertz CT molecular complexity index is 888. The van der Waals surface area contributed by atoms with Crippen molar-refractivity contribution in [2.24, 2.45) is 0 Å². The van der Waals surface area contributed by atoms with Crippen LogP contribution in [0.1, 0.15) is 49.0 Å². The number of carbonyl (C=O) groups excluding carboxylic acids is 2. The Labute approximate surface area is 168 Å². The monoisotopic (exact) mass is 402 g/mol. The van der Waals surface area contributed by atoms with Crippen LogP contribution in [0.4, 0.5) is 8.78 Å². The average Bonchev–Trinajstić information content (AvgIpc) is 2.67. The fourth-order valence-corrected chi connectivity index (χ4v) is 3.77. The Hall–Kier alpha value is -2.96. The van der Waals surface area contributed by atoms with Crippen LogP contribution in [-0.2, 0) is 16.0 Å². The number of nitrogens with one attached hydrogen (secondary N) is 1. The number of rotatable bonds is 6. The van der Waals surface area contributed by atoms with E-state index < -0.39 is 12.7 Å². The molecule has 0 saturated heterocycles. The maximum atomic E-state index is 12.7. The number of ether oxygens (including phenoxy) is 1. The fraction of sp³-hybridized carbons (Fsp3) is 0.364. The van der Waals surface area contributed by atoms with Gasteiger partial charge in [-0.3, -0.25) is 9.59 Å². The number of halogens is 2. The fourth-order valence-electron chi connectivity index (χ4n) is 3.77. The van der Waals surface area contributed by atoms with Crippen molar-refractivity contribution in [1.29, 1.82) is 0 Å². The van der Waals surface area contributed by atoms with Gasteiger partial charge in [-0.1, -0.05) is 36.4 Å². The topological polar surface area (TPSA) is 58.6 Å². The molecule has 5 nitrogen and oxygen atoms in total. The molecule has 0 saturated carbocycles. The van der Waals surface area contributed by atoms with Crippen molar-refractivity contribution >= 4 is 11.8 Å². The molecule has 1 aliphatic rings. The lowest BCUT2D eigenvalue weighted by molar-refractivity contribution is -0.133. The number of alkyl halides is 2. The number of fused-ring (bicyclic) bond motifs is 1. The Kier molecular flexibility index (Phi) is 6.46. The molecule has 0 aliphatic carbocycles. The highest BCUT2D eigenvalue weighted by molar-refractivity contribution is 5.80. The van der Waals surface area contributed by atoms with Gasteiger partial charge in [-0.15, -0.1) is 0 Å². The summed E-state index contributed by atoms with van der Waals surface area (Å²) >= 11 is 0. The van der Waals surface area contributed by atoms with E-state index in [0.29, 0.717) is 12.1 Å². The summed E-state index contributed by atoms with van der Waals surface area (Å²) in [7, 11) is 0. The van der Waals surface area contributed by atoms with Crippen LogP contribution in [0.25, 0.3) is 0 Å². The van der Waals surface area contributed by atoms with Crippen LogP contribution in [0.2, 0.25) is 0 Å². The van der Waals surface area contributed by atoms with Crippen molar-refractivity contribution in [3.8, 4) is 5.75 Å². The van der Waals surface area contributed by atoms with Crippen molar-refractivity contribution < 1.29 is 23.1 Å². The van der Waals surface area contributed by atoms with E-state index in [1.54, 1.807) is 24.0 Å². The highest BCUT2D eigenvalue weighted by Crippen LogP contribution is 2.32. The third-order valence-electron chi connectivity index (χ3n) is 5.16. The van der Waals surface area contributed by atoms with Crippen molar-refractivity contribution in [3.63, 3.8) is 0 Å². The number of carbonyl (C=O) groups is 2. The highest BCUT2D eigenvalue weighted by atomic mass is 19.3. The van der Waals surface area contributed by atoms with Gasteiger partial charge in [-0.25, -0.2) is 0 Å². The van der Waals surface area contributed by atoms with Crippen LogP contribution < -0.4 is 10.1 Å². The van der Waals surface area contributed by atoms with E-state index >= 15 is 0 Å². The molecule has 2 unspecified atom stereocenters. The predicted molar refractivity (Wildman–Crippen MR) is 105 cm³/mol. The summed E-state index contributed by atoms with van der Waals surface area (Å²) < 4.78 is 29.3. The van der Waals surface area contributed by atoms with Crippen molar-refractivity contribution in [1.82, 2.24) is 10.2 Å². The molecular weight excluding hydrogens is 378 g/mol. The molecule has 2 aromatic rings. The molecule has 1 aliphatic heterocycles. The molecule has 154 valence electrons. The second-order valence-corrected chi connectivity index (χ2v) is 7.12. The maximum Gasteiger partial charge on any atom is 0.387 e. The van der Waals surface area contributed by atoms with Crippen LogP contribution in [0.15, 0.2) is 48.5 Å². The molecule has 1 N–H and O–H groups in total. The standard InChI is InChI=1S/C22H24F2N2O3/c1-14(17-7-5-8-18(12-17)29-22(23)24)25-21(28)13-20-19-9-4-3-6-16(19)10-11-26(20)15(2)27/h3-9,12,14,20,22H,10-11,13H2,1-2H3,(H,25,28). The van der Waals surface area contributed by atoms with Crippen molar-refractivity contribution in [3.05, 3.63) is 65.2 Å². The third-order valence-corrected chi connectivity index (χ3v) is 5.16. The zero-order valence-electron chi connectivity index (χ0n) is 16.4. The third kappa shape index (κ3) is 5.10. The van der Waals surface area contributed by atoms with Gasteiger partial charge in [0.1, 0.15) is 5.75 Å². The quantitative estimate of drug-likeness (QED) is 0.795. The van der Waals surface area contributed by atoms with Gasteiger partial charge in [0.05, 0.1) is 18.5 Å². The Morgan fingerprint density at radius 1 is 1.21 bits per heavy atom.